The highest BCUT2D eigenvalue weighted by atomic mass is 14.8. The van der Waals surface area contributed by atoms with Crippen LogP contribution in [0.1, 0.15) is 213 Å². The van der Waals surface area contributed by atoms with Crippen molar-refractivity contribution in [3.63, 3.8) is 0 Å². The van der Waals surface area contributed by atoms with Gasteiger partial charge in [-0.15, -0.1) is 0 Å². The minimum Gasteiger partial charge on any atom is -0.391 e. The van der Waals surface area contributed by atoms with Crippen molar-refractivity contribution in [2.45, 2.75) is 213 Å². The normalized spacial score (nSPS) is 12.5. The first-order valence-electron chi connectivity index (χ1n) is 18.2. The minimum atomic E-state index is 0.840. The van der Waals surface area contributed by atoms with Crippen molar-refractivity contribution in [3.05, 3.63) is 12.3 Å². The Labute approximate surface area is 243 Å². The summed E-state index contributed by atoms with van der Waals surface area (Å²) in [6.45, 7) is 8.19. The maximum Gasteiger partial charge on any atom is 0.0141 e. The van der Waals surface area contributed by atoms with Crippen molar-refractivity contribution < 1.29 is 0 Å². The van der Waals surface area contributed by atoms with E-state index in [1.54, 1.807) is 0 Å². The van der Waals surface area contributed by atoms with Gasteiger partial charge in [0.2, 0.25) is 0 Å². The number of nitrogens with one attached hydrogen (secondary N) is 1. The topological polar surface area (TPSA) is 12.0 Å². The third-order valence-corrected chi connectivity index (χ3v) is 8.50. The van der Waals surface area contributed by atoms with Gasteiger partial charge in [-0.1, -0.05) is 207 Å². The molecule has 0 spiro atoms. The van der Waals surface area contributed by atoms with Gasteiger partial charge in [-0.3, -0.25) is 0 Å². The van der Waals surface area contributed by atoms with Gasteiger partial charge < -0.3 is 5.32 Å². The molecule has 0 aliphatic carbocycles. The molecule has 0 fully saturated rings. The zero-order chi connectivity index (χ0) is 27.6. The highest BCUT2D eigenvalue weighted by Crippen LogP contribution is 2.17. The lowest BCUT2D eigenvalue weighted by Gasteiger charge is -2.08. The lowest BCUT2D eigenvalue weighted by molar-refractivity contribution is 0.481. The molecule has 0 saturated heterocycles. The second-order valence-electron chi connectivity index (χ2n) is 12.7. The summed E-state index contributed by atoms with van der Waals surface area (Å²) in [5, 5.41) is 3.52. The standard InChI is InChI=1S/C37H75N/c1-4-6-8-10-12-14-16-18-19-20-21-23-25-27-29-31-35-38-36-32-34-37(3)33-30-28-26-24-22-17-15-13-11-9-7-5-2/h32,36-38H,4-31,33-35H2,1-3H3. The molecule has 0 rings (SSSR count). The van der Waals surface area contributed by atoms with Gasteiger partial charge in [0.05, 0.1) is 0 Å². The maximum atomic E-state index is 3.52. The van der Waals surface area contributed by atoms with Gasteiger partial charge in [0.1, 0.15) is 0 Å². The average Bonchev–Trinajstić information content (AvgIpc) is 2.92. The quantitative estimate of drug-likeness (QED) is 0.0827. The van der Waals surface area contributed by atoms with Gasteiger partial charge in [-0.25, -0.2) is 0 Å². The molecule has 0 aromatic heterocycles. The van der Waals surface area contributed by atoms with Crippen LogP contribution in [0.2, 0.25) is 0 Å². The van der Waals surface area contributed by atoms with Crippen LogP contribution in [0.15, 0.2) is 12.3 Å². The van der Waals surface area contributed by atoms with Crippen molar-refractivity contribution in [1.29, 1.82) is 0 Å². The van der Waals surface area contributed by atoms with Crippen LogP contribution < -0.4 is 5.32 Å². The van der Waals surface area contributed by atoms with E-state index < -0.39 is 0 Å². The second kappa shape index (κ2) is 34.6. The Bertz CT molecular complexity index is 428. The highest BCUT2D eigenvalue weighted by Gasteiger charge is 2.00. The summed E-state index contributed by atoms with van der Waals surface area (Å²) in [7, 11) is 0. The van der Waals surface area contributed by atoms with E-state index in [1.165, 1.54) is 193 Å². The highest BCUT2D eigenvalue weighted by molar-refractivity contribution is 4.81. The van der Waals surface area contributed by atoms with E-state index in [9.17, 15) is 0 Å². The molecule has 0 heterocycles. The zero-order valence-corrected chi connectivity index (χ0v) is 27.2. The fraction of sp³-hybridized carbons (Fsp3) is 0.946. The molecule has 0 aromatic rings. The van der Waals surface area contributed by atoms with E-state index >= 15 is 0 Å². The molecule has 0 radical (unpaired) electrons. The molecule has 0 aliphatic heterocycles. The molecule has 1 atom stereocenters. The van der Waals surface area contributed by atoms with Crippen LogP contribution in [0.5, 0.6) is 0 Å². The van der Waals surface area contributed by atoms with E-state index in [0.29, 0.717) is 0 Å². The molecule has 1 N–H and O–H groups in total. The summed E-state index contributed by atoms with van der Waals surface area (Å²) >= 11 is 0. The van der Waals surface area contributed by atoms with Crippen LogP contribution in [0.4, 0.5) is 0 Å². The fourth-order valence-corrected chi connectivity index (χ4v) is 5.69. The van der Waals surface area contributed by atoms with E-state index in [-0.39, 0.29) is 0 Å². The van der Waals surface area contributed by atoms with Crippen molar-refractivity contribution in [2.24, 2.45) is 5.92 Å². The molecule has 0 saturated carbocycles. The minimum absolute atomic E-state index is 0.840. The van der Waals surface area contributed by atoms with Crippen LogP contribution in [-0.2, 0) is 0 Å². The van der Waals surface area contributed by atoms with Crippen molar-refractivity contribution >= 4 is 0 Å². The Morgan fingerprint density at radius 1 is 0.421 bits per heavy atom. The summed E-state index contributed by atoms with van der Waals surface area (Å²) in [6.07, 6.45) is 47.8. The summed E-state index contributed by atoms with van der Waals surface area (Å²) < 4.78 is 0. The Morgan fingerprint density at radius 2 is 0.737 bits per heavy atom. The fourth-order valence-electron chi connectivity index (χ4n) is 5.69. The number of hydrogen-bond acceptors (Lipinski definition) is 1. The molecule has 0 aliphatic rings. The lowest BCUT2D eigenvalue weighted by atomic mass is 9.98. The van der Waals surface area contributed by atoms with Gasteiger partial charge in [-0.2, -0.15) is 0 Å². The van der Waals surface area contributed by atoms with Crippen molar-refractivity contribution in [3.8, 4) is 0 Å². The largest absolute Gasteiger partial charge is 0.391 e. The first kappa shape index (κ1) is 37.5. The summed E-state index contributed by atoms with van der Waals surface area (Å²) in [5.41, 5.74) is 0. The predicted octanol–water partition coefficient (Wildman–Crippen LogP) is 13.5. The van der Waals surface area contributed by atoms with Crippen LogP contribution in [-0.4, -0.2) is 6.54 Å². The van der Waals surface area contributed by atoms with Gasteiger partial charge in [-0.05, 0) is 25.0 Å². The molecule has 1 unspecified atom stereocenters. The van der Waals surface area contributed by atoms with Crippen LogP contribution in [0, 0.1) is 5.92 Å². The van der Waals surface area contributed by atoms with E-state index in [4.69, 9.17) is 0 Å². The van der Waals surface area contributed by atoms with Gasteiger partial charge in [0.25, 0.3) is 0 Å². The Balaban J connectivity index is 3.19. The van der Waals surface area contributed by atoms with E-state index in [2.05, 4.69) is 38.4 Å². The SMILES string of the molecule is CCCCCCCCCCCCCCCCCCNC=CCC(C)CCCCCCCCCCCCCC. The first-order chi connectivity index (χ1) is 18.8. The molecule has 0 aromatic carbocycles. The third kappa shape index (κ3) is 33.6. The Morgan fingerprint density at radius 3 is 1.11 bits per heavy atom. The van der Waals surface area contributed by atoms with Crippen LogP contribution >= 0.6 is 0 Å². The van der Waals surface area contributed by atoms with Crippen LogP contribution in [0.3, 0.4) is 0 Å². The number of unbranched alkanes of at least 4 members (excludes halogenated alkanes) is 26. The molecule has 0 bridgehead atoms. The Kier molecular flexibility index (Phi) is 34.1. The van der Waals surface area contributed by atoms with Gasteiger partial charge in [0.15, 0.2) is 0 Å². The van der Waals surface area contributed by atoms with Crippen molar-refractivity contribution in [1.82, 2.24) is 5.32 Å². The molecule has 1 nitrogen and oxygen atoms in total. The summed E-state index contributed by atoms with van der Waals surface area (Å²) in [5.74, 6) is 0.840. The lowest BCUT2D eigenvalue weighted by Crippen LogP contribution is -2.06. The first-order valence-corrected chi connectivity index (χ1v) is 18.2. The predicted molar refractivity (Wildman–Crippen MR) is 176 cm³/mol. The molecule has 1 heteroatoms. The molecular formula is C37H75N. The van der Waals surface area contributed by atoms with E-state index in [0.717, 1.165) is 12.5 Å². The second-order valence-corrected chi connectivity index (χ2v) is 12.7. The molecule has 38 heavy (non-hydrogen) atoms. The third-order valence-electron chi connectivity index (χ3n) is 8.50. The summed E-state index contributed by atoms with van der Waals surface area (Å²) in [4.78, 5) is 0. The van der Waals surface area contributed by atoms with Crippen molar-refractivity contribution in [2.75, 3.05) is 6.54 Å². The van der Waals surface area contributed by atoms with Crippen LogP contribution in [0.25, 0.3) is 0 Å². The zero-order valence-electron chi connectivity index (χ0n) is 27.2. The molecule has 0 amide bonds. The smallest absolute Gasteiger partial charge is 0.0141 e. The number of allylic oxidation sites excluding steroid dienone is 1. The Hall–Kier alpha value is -0.460. The van der Waals surface area contributed by atoms with Gasteiger partial charge in [0, 0.05) is 6.54 Å². The molecular weight excluding hydrogens is 458 g/mol. The van der Waals surface area contributed by atoms with Gasteiger partial charge >= 0.3 is 0 Å². The van der Waals surface area contributed by atoms with E-state index in [1.807, 2.05) is 0 Å². The molecule has 228 valence electrons. The average molecular weight is 534 g/mol. The number of rotatable bonds is 33. The summed E-state index contributed by atoms with van der Waals surface area (Å²) in [6, 6.07) is 0. The monoisotopic (exact) mass is 534 g/mol. The number of hydrogen-bond donors (Lipinski definition) is 1. The maximum absolute atomic E-state index is 3.52.